The lowest BCUT2D eigenvalue weighted by molar-refractivity contribution is 0.0688. The first-order chi connectivity index (χ1) is 15.7. The van der Waals surface area contributed by atoms with Gasteiger partial charge < -0.3 is 9.67 Å². The van der Waals surface area contributed by atoms with E-state index in [0.717, 1.165) is 21.0 Å². The lowest BCUT2D eigenvalue weighted by Crippen LogP contribution is -2.15. The summed E-state index contributed by atoms with van der Waals surface area (Å²) in [4.78, 5) is 29.3. The Labute approximate surface area is 206 Å². The van der Waals surface area contributed by atoms with Crippen LogP contribution in [0.4, 0.5) is 0 Å². The van der Waals surface area contributed by atoms with Crippen LogP contribution in [-0.2, 0) is 7.05 Å². The summed E-state index contributed by atoms with van der Waals surface area (Å²) in [7, 11) is 1.64. The van der Waals surface area contributed by atoms with Crippen LogP contribution in [-0.4, -0.2) is 30.4 Å². The van der Waals surface area contributed by atoms with E-state index in [1.54, 1.807) is 44.1 Å². The van der Waals surface area contributed by atoms with Crippen molar-refractivity contribution in [2.45, 2.75) is 23.3 Å². The summed E-state index contributed by atoms with van der Waals surface area (Å²) >= 11 is 15.5. The number of aryl methyl sites for hydroxylation is 2. The Morgan fingerprint density at radius 3 is 2.64 bits per heavy atom. The van der Waals surface area contributed by atoms with Crippen LogP contribution in [0.5, 0.6) is 0 Å². The Morgan fingerprint density at radius 2 is 1.94 bits per heavy atom. The zero-order chi connectivity index (χ0) is 23.6. The predicted octanol–water partition coefficient (Wildman–Crippen LogP) is 5.84. The van der Waals surface area contributed by atoms with Gasteiger partial charge in [-0.25, -0.2) is 9.78 Å². The van der Waals surface area contributed by atoms with Gasteiger partial charge >= 0.3 is 5.97 Å². The molecule has 0 spiro atoms. The van der Waals surface area contributed by atoms with Crippen molar-refractivity contribution in [3.05, 3.63) is 67.8 Å². The number of thiazole rings is 1. The molecule has 0 bridgehead atoms. The number of hydrogen-bond donors (Lipinski definition) is 1. The highest BCUT2D eigenvalue weighted by Crippen LogP contribution is 2.53. The number of fused-ring (bicyclic) bond motifs is 3. The minimum atomic E-state index is -1.16. The predicted molar refractivity (Wildman–Crippen MR) is 131 cm³/mol. The normalized spacial score (nSPS) is 14.8. The number of pyridine rings is 1. The van der Waals surface area contributed by atoms with Crippen LogP contribution in [0.1, 0.15) is 33.9 Å². The van der Waals surface area contributed by atoms with Crippen LogP contribution in [0.25, 0.3) is 27.5 Å². The van der Waals surface area contributed by atoms with Crippen molar-refractivity contribution in [2.24, 2.45) is 7.05 Å². The molecule has 1 N–H and O–H groups in total. The molecule has 5 rings (SSSR count). The van der Waals surface area contributed by atoms with Gasteiger partial charge in [0.15, 0.2) is 5.69 Å². The molecule has 0 radical (unpaired) electrons. The van der Waals surface area contributed by atoms with Crippen molar-refractivity contribution >= 4 is 52.3 Å². The average Bonchev–Trinajstić information content (AvgIpc) is 3.32. The average molecular weight is 519 g/mol. The van der Waals surface area contributed by atoms with Gasteiger partial charge in [-0.05, 0) is 43.2 Å². The Morgan fingerprint density at radius 1 is 1.21 bits per heavy atom. The molecule has 11 heteroatoms. The van der Waals surface area contributed by atoms with Crippen molar-refractivity contribution in [1.29, 1.82) is 0 Å². The van der Waals surface area contributed by atoms with Gasteiger partial charge in [-0.1, -0.05) is 34.5 Å². The highest BCUT2D eigenvalue weighted by Gasteiger charge is 2.31. The number of hydrogen-bond acceptors (Lipinski definition) is 6. The molecule has 0 saturated heterocycles. The van der Waals surface area contributed by atoms with Gasteiger partial charge in [-0.2, -0.15) is 9.78 Å². The fraction of sp³-hybridized carbons (Fsp3) is 0.182. The third-order valence-corrected chi connectivity index (χ3v) is 8.59. The van der Waals surface area contributed by atoms with Gasteiger partial charge in [0.25, 0.3) is 5.56 Å². The molecule has 1 unspecified atom stereocenters. The topological polar surface area (TPSA) is 90.0 Å². The first-order valence-corrected chi connectivity index (χ1v) is 12.3. The summed E-state index contributed by atoms with van der Waals surface area (Å²) < 4.78 is 3.71. The van der Waals surface area contributed by atoms with E-state index in [0.29, 0.717) is 32.0 Å². The number of aromatic carboxylic acids is 1. The number of thioether (sulfide) groups is 1. The highest BCUT2D eigenvalue weighted by molar-refractivity contribution is 8.01. The van der Waals surface area contributed by atoms with Gasteiger partial charge in [-0.3, -0.25) is 4.79 Å². The third kappa shape index (κ3) is 3.59. The number of carbonyl (C=O) groups is 1. The number of benzene rings is 1. The van der Waals surface area contributed by atoms with E-state index < -0.39 is 5.97 Å². The number of rotatable bonds is 3. The SMILES string of the molecule is Cc1nn(-c2nc3c(s2)SC(C)c2cc(Cl)c(Cl)cc2-3)c(C(=O)O)c1-c1ccn(C)c(=O)c1. The van der Waals surface area contributed by atoms with E-state index in [1.165, 1.54) is 26.7 Å². The molecule has 1 aliphatic heterocycles. The summed E-state index contributed by atoms with van der Waals surface area (Å²) in [6.45, 7) is 3.79. The Bertz CT molecular complexity index is 1520. The standard InChI is InChI=1S/C22H16Cl2N4O3S2/c1-9-17(11-4-5-27(3)16(29)6-11)19(20(30)31)28(26-9)22-25-18-13-8-15(24)14(23)7-12(13)10(2)32-21(18)33-22/h4-8,10H,1-3H3,(H,30,31). The molecule has 4 heterocycles. The van der Waals surface area contributed by atoms with Crippen LogP contribution in [0.15, 0.2) is 39.5 Å². The van der Waals surface area contributed by atoms with Crippen molar-refractivity contribution in [3.63, 3.8) is 0 Å². The van der Waals surface area contributed by atoms with Crippen LogP contribution >= 0.6 is 46.3 Å². The van der Waals surface area contributed by atoms with Crippen molar-refractivity contribution in [2.75, 3.05) is 0 Å². The summed E-state index contributed by atoms with van der Waals surface area (Å²) in [6.07, 6.45) is 1.60. The van der Waals surface area contributed by atoms with Crippen molar-refractivity contribution in [1.82, 2.24) is 19.3 Å². The van der Waals surface area contributed by atoms with Crippen LogP contribution < -0.4 is 5.56 Å². The number of nitrogens with zero attached hydrogens (tertiary/aromatic N) is 4. The van der Waals surface area contributed by atoms with E-state index in [-0.39, 0.29) is 16.5 Å². The minimum Gasteiger partial charge on any atom is -0.476 e. The van der Waals surface area contributed by atoms with E-state index in [2.05, 4.69) is 12.0 Å². The highest BCUT2D eigenvalue weighted by atomic mass is 35.5. The van der Waals surface area contributed by atoms with Crippen LogP contribution in [0.3, 0.4) is 0 Å². The molecule has 0 saturated carbocycles. The summed E-state index contributed by atoms with van der Waals surface area (Å²) in [6, 6.07) is 6.77. The van der Waals surface area contributed by atoms with Gasteiger partial charge in [-0.15, -0.1) is 11.8 Å². The molecule has 1 aliphatic rings. The first kappa shape index (κ1) is 22.2. The molecule has 0 aliphatic carbocycles. The van der Waals surface area contributed by atoms with Gasteiger partial charge in [0.2, 0.25) is 5.13 Å². The van der Waals surface area contributed by atoms with Gasteiger partial charge in [0.05, 0.1) is 25.6 Å². The maximum atomic E-state index is 12.3. The summed E-state index contributed by atoms with van der Waals surface area (Å²) in [5, 5.41) is 16.0. The largest absolute Gasteiger partial charge is 0.476 e. The second kappa shape index (κ2) is 8.02. The quantitative estimate of drug-likeness (QED) is 0.366. The molecular weight excluding hydrogens is 503 g/mol. The van der Waals surface area contributed by atoms with Crippen molar-refractivity contribution < 1.29 is 9.90 Å². The Kier molecular flexibility index (Phi) is 5.40. The van der Waals surface area contributed by atoms with E-state index in [9.17, 15) is 14.7 Å². The number of aromatic nitrogens is 4. The first-order valence-electron chi connectivity index (χ1n) is 9.83. The smallest absolute Gasteiger partial charge is 0.355 e. The van der Waals surface area contributed by atoms with E-state index >= 15 is 0 Å². The molecule has 4 aromatic rings. The molecule has 33 heavy (non-hydrogen) atoms. The van der Waals surface area contributed by atoms with Gasteiger partial charge in [0, 0.05) is 35.7 Å². The summed E-state index contributed by atoms with van der Waals surface area (Å²) in [5.41, 5.74) is 3.73. The maximum absolute atomic E-state index is 12.3. The second-order valence-electron chi connectivity index (χ2n) is 7.64. The molecule has 1 atom stereocenters. The fourth-order valence-corrected chi connectivity index (χ4v) is 6.75. The Hall–Kier alpha value is -2.59. The molecule has 3 aromatic heterocycles. The minimum absolute atomic E-state index is 0.0424. The molecule has 1 aromatic carbocycles. The number of halogens is 2. The number of carboxylic acids is 1. The van der Waals surface area contributed by atoms with Crippen molar-refractivity contribution in [3.8, 4) is 27.5 Å². The Balaban J connectivity index is 1.71. The molecule has 0 amide bonds. The van der Waals surface area contributed by atoms with Gasteiger partial charge in [0.1, 0.15) is 0 Å². The number of carboxylic acid groups (broad SMARTS) is 1. The molecule has 7 nitrogen and oxygen atoms in total. The molecule has 168 valence electrons. The summed E-state index contributed by atoms with van der Waals surface area (Å²) in [5.74, 6) is -1.16. The van der Waals surface area contributed by atoms with E-state index in [1.807, 2.05) is 6.07 Å². The maximum Gasteiger partial charge on any atom is 0.355 e. The molecule has 0 fully saturated rings. The zero-order valence-electron chi connectivity index (χ0n) is 17.6. The van der Waals surface area contributed by atoms with Crippen LogP contribution in [0, 0.1) is 6.92 Å². The third-order valence-electron chi connectivity index (χ3n) is 5.49. The fourth-order valence-electron chi connectivity index (χ4n) is 3.88. The monoisotopic (exact) mass is 518 g/mol. The van der Waals surface area contributed by atoms with E-state index in [4.69, 9.17) is 28.2 Å². The molecular formula is C22H16Cl2N4O3S2. The zero-order valence-corrected chi connectivity index (χ0v) is 20.7. The second-order valence-corrected chi connectivity index (χ2v) is 11.0. The lowest BCUT2D eigenvalue weighted by Gasteiger charge is -2.21. The van der Waals surface area contributed by atoms with Crippen LogP contribution in [0.2, 0.25) is 10.0 Å². The lowest BCUT2D eigenvalue weighted by atomic mass is 10.0.